The maximum Gasteiger partial charge on any atom is 0.482 e. The van der Waals surface area contributed by atoms with Gasteiger partial charge in [0, 0.05) is 0 Å². The highest BCUT2D eigenvalue weighted by Crippen LogP contribution is 2.56. The Balaban J connectivity index is 1.80. The van der Waals surface area contributed by atoms with E-state index in [4.69, 9.17) is 27.8 Å². The summed E-state index contributed by atoms with van der Waals surface area (Å²) in [6.45, 7) is -2.23. The zero-order valence-electron chi connectivity index (χ0n) is 16.4. The number of ether oxygens (including phenoxy) is 3. The molecule has 9 N–H and O–H groups in total. The summed E-state index contributed by atoms with van der Waals surface area (Å²) in [6, 6.07) is 0. The van der Waals surface area contributed by atoms with Crippen molar-refractivity contribution in [3.63, 3.8) is 0 Å². The van der Waals surface area contributed by atoms with Crippen molar-refractivity contribution >= 4 is 7.82 Å². The largest absolute Gasteiger partial charge is 0.482 e. The van der Waals surface area contributed by atoms with Crippen LogP contribution in [0.1, 0.15) is 0 Å². The Morgan fingerprint density at radius 1 is 0.531 bits per heavy atom. The fourth-order valence-electron chi connectivity index (χ4n) is 3.31. The van der Waals surface area contributed by atoms with Crippen LogP contribution in [0.4, 0.5) is 0 Å². The highest BCUT2D eigenvalue weighted by Gasteiger charge is 2.54. The Kier molecular flexibility index (Phi) is 8.60. The minimum atomic E-state index is -5.10. The number of hydrogen-bond acceptors (Lipinski definition) is 16. The number of aliphatic hydroxyl groups excluding tert-OH is 9. The van der Waals surface area contributed by atoms with Gasteiger partial charge in [0.1, 0.15) is 54.9 Å². The van der Waals surface area contributed by atoms with E-state index in [9.17, 15) is 50.5 Å². The van der Waals surface area contributed by atoms with Crippen molar-refractivity contribution in [3.8, 4) is 0 Å². The number of phosphoric acid groups is 1. The minimum absolute atomic E-state index is 0.742. The smallest absolute Gasteiger partial charge is 0.394 e. The standard InChI is InChI=1S/C15H27O16P/c16-1-4-7(19)10(22)13(26-4)29-32(25,30-14-11(23)8(20)5(2-17)27-14)31-15-12(24)9(21)6(3-18)28-15/h4-24H,1-3H2/t4-,5-,6-,7-,8-,9-,10+,11+,12+,13?,14?,15?,32?/m1/s1. The van der Waals surface area contributed by atoms with E-state index >= 15 is 0 Å². The minimum Gasteiger partial charge on any atom is -0.394 e. The fourth-order valence-corrected chi connectivity index (χ4v) is 4.75. The van der Waals surface area contributed by atoms with Crippen LogP contribution in [-0.2, 0) is 32.3 Å². The first-order valence-corrected chi connectivity index (χ1v) is 11.0. The predicted molar refractivity (Wildman–Crippen MR) is 94.1 cm³/mol. The first-order chi connectivity index (χ1) is 15.0. The summed E-state index contributed by atoms with van der Waals surface area (Å²) in [5.41, 5.74) is 0. The molecule has 3 unspecified atom stereocenters. The Morgan fingerprint density at radius 3 is 0.969 bits per heavy atom. The summed E-state index contributed by atoms with van der Waals surface area (Å²) in [6.07, 6.45) is -20.2. The summed E-state index contributed by atoms with van der Waals surface area (Å²) in [5, 5.41) is 87.2. The van der Waals surface area contributed by atoms with E-state index in [1.165, 1.54) is 0 Å². The third-order valence-electron chi connectivity index (χ3n) is 5.19. The number of aliphatic hydroxyl groups is 9. The molecule has 0 spiro atoms. The molecule has 3 aliphatic rings. The summed E-state index contributed by atoms with van der Waals surface area (Å²) in [4.78, 5) is 0. The van der Waals surface area contributed by atoms with Crippen LogP contribution in [0, 0.1) is 0 Å². The van der Waals surface area contributed by atoms with Gasteiger partial charge in [0.05, 0.1) is 19.8 Å². The number of rotatable bonds is 9. The van der Waals surface area contributed by atoms with Gasteiger partial charge in [0.2, 0.25) is 0 Å². The molecule has 0 bridgehead atoms. The van der Waals surface area contributed by atoms with Crippen molar-refractivity contribution in [2.24, 2.45) is 0 Å². The summed E-state index contributed by atoms with van der Waals surface area (Å²) < 4.78 is 43.6. The molecule has 0 aliphatic carbocycles. The molecule has 12 atom stereocenters. The molecule has 0 amide bonds. The van der Waals surface area contributed by atoms with Gasteiger partial charge in [0.25, 0.3) is 0 Å². The van der Waals surface area contributed by atoms with Crippen molar-refractivity contribution in [1.29, 1.82) is 0 Å². The summed E-state index contributed by atoms with van der Waals surface area (Å²) >= 11 is 0. The average Bonchev–Trinajstić information content (AvgIpc) is 3.30. The number of phosphoric ester groups is 1. The fraction of sp³-hybridized carbons (Fsp3) is 1.00. The van der Waals surface area contributed by atoms with E-state index in [-0.39, 0.29) is 0 Å². The number of hydrogen-bond donors (Lipinski definition) is 9. The van der Waals surface area contributed by atoms with E-state index < -0.39 is 101 Å². The van der Waals surface area contributed by atoms with Crippen LogP contribution in [0.2, 0.25) is 0 Å². The summed E-state index contributed by atoms with van der Waals surface area (Å²) in [5.74, 6) is 0. The molecule has 0 aromatic heterocycles. The quantitative estimate of drug-likeness (QED) is 0.135. The maximum absolute atomic E-state index is 13.4. The molecule has 0 radical (unpaired) electrons. The zero-order valence-corrected chi connectivity index (χ0v) is 17.3. The predicted octanol–water partition coefficient (Wildman–Crippen LogP) is -5.54. The Hall–Kier alpha value is -0.370. The molecule has 0 saturated carbocycles. The Labute approximate surface area is 180 Å². The molecule has 3 saturated heterocycles. The average molecular weight is 494 g/mol. The second-order valence-corrected chi connectivity index (χ2v) is 8.91. The van der Waals surface area contributed by atoms with Crippen LogP contribution >= 0.6 is 7.82 Å². The molecule has 17 heteroatoms. The van der Waals surface area contributed by atoms with Gasteiger partial charge < -0.3 is 60.2 Å². The van der Waals surface area contributed by atoms with Gasteiger partial charge in [0.15, 0.2) is 18.9 Å². The molecule has 32 heavy (non-hydrogen) atoms. The summed E-state index contributed by atoms with van der Waals surface area (Å²) in [7, 11) is -5.10. The lowest BCUT2D eigenvalue weighted by molar-refractivity contribution is -0.186. The maximum atomic E-state index is 13.4. The van der Waals surface area contributed by atoms with Gasteiger partial charge in [-0.15, -0.1) is 0 Å². The third-order valence-corrected chi connectivity index (χ3v) is 6.59. The van der Waals surface area contributed by atoms with Crippen molar-refractivity contribution < 1.29 is 78.3 Å². The van der Waals surface area contributed by atoms with Crippen molar-refractivity contribution in [1.82, 2.24) is 0 Å². The van der Waals surface area contributed by atoms with Crippen molar-refractivity contribution in [2.45, 2.75) is 73.8 Å². The van der Waals surface area contributed by atoms with Gasteiger partial charge in [-0.25, -0.2) is 4.57 Å². The van der Waals surface area contributed by atoms with E-state index in [1.807, 2.05) is 0 Å². The Bertz CT molecular complexity index is 582. The van der Waals surface area contributed by atoms with E-state index in [0.29, 0.717) is 0 Å². The second kappa shape index (κ2) is 10.5. The molecule has 3 heterocycles. The molecule has 0 aromatic rings. The normalized spacial score (nSPS) is 48.9. The first-order valence-electron chi connectivity index (χ1n) is 9.57. The molecule has 3 fully saturated rings. The van der Waals surface area contributed by atoms with Gasteiger partial charge >= 0.3 is 7.82 Å². The molecule has 188 valence electrons. The van der Waals surface area contributed by atoms with E-state index in [1.54, 1.807) is 0 Å². The van der Waals surface area contributed by atoms with Crippen LogP contribution < -0.4 is 0 Å². The van der Waals surface area contributed by atoms with Crippen LogP contribution in [0.15, 0.2) is 0 Å². The van der Waals surface area contributed by atoms with Gasteiger partial charge in [-0.2, -0.15) is 0 Å². The molecule has 16 nitrogen and oxygen atoms in total. The van der Waals surface area contributed by atoms with Crippen molar-refractivity contribution in [2.75, 3.05) is 19.8 Å². The lowest BCUT2D eigenvalue weighted by Gasteiger charge is -2.28. The van der Waals surface area contributed by atoms with Crippen LogP contribution in [0.25, 0.3) is 0 Å². The highest BCUT2D eigenvalue weighted by molar-refractivity contribution is 7.48. The van der Waals surface area contributed by atoms with Crippen molar-refractivity contribution in [3.05, 3.63) is 0 Å². The second-order valence-electron chi connectivity index (χ2n) is 7.38. The Morgan fingerprint density at radius 2 is 0.781 bits per heavy atom. The molecule has 3 rings (SSSR count). The molecular formula is C15H27O16P. The monoisotopic (exact) mass is 494 g/mol. The van der Waals surface area contributed by atoms with Gasteiger partial charge in [-0.3, -0.25) is 13.6 Å². The molecular weight excluding hydrogens is 467 g/mol. The SMILES string of the molecule is O=P(OC1O[C@H](CO)[C@@H](O)[C@@H]1O)(OC1O[C@H](CO)[C@@H](O)[C@@H]1O)OC1O[C@H](CO)[C@@H](O)[C@@H]1O. The van der Waals surface area contributed by atoms with Gasteiger partial charge in [-0.05, 0) is 0 Å². The zero-order chi connectivity index (χ0) is 23.8. The van der Waals surface area contributed by atoms with E-state index in [0.717, 1.165) is 0 Å². The third kappa shape index (κ3) is 5.16. The van der Waals surface area contributed by atoms with Crippen LogP contribution in [-0.4, -0.2) is 140 Å². The van der Waals surface area contributed by atoms with Gasteiger partial charge in [-0.1, -0.05) is 0 Å². The molecule has 3 aliphatic heterocycles. The lowest BCUT2D eigenvalue weighted by Crippen LogP contribution is -2.37. The van der Waals surface area contributed by atoms with Crippen LogP contribution in [0.5, 0.6) is 0 Å². The molecule has 0 aromatic carbocycles. The first kappa shape index (κ1) is 26.2. The van der Waals surface area contributed by atoms with Crippen LogP contribution in [0.3, 0.4) is 0 Å². The van der Waals surface area contributed by atoms with E-state index in [2.05, 4.69) is 0 Å². The lowest BCUT2D eigenvalue weighted by atomic mass is 10.1. The highest BCUT2D eigenvalue weighted by atomic mass is 31.2. The topological polar surface area (TPSA) is 255 Å².